The number of fused-ring (bicyclic) bond motifs is 8. The summed E-state index contributed by atoms with van der Waals surface area (Å²) in [5.74, 6) is 0.0352. The van der Waals surface area contributed by atoms with E-state index in [0.29, 0.717) is 38.8 Å². The molecule has 8 nitrogen and oxygen atoms in total. The maximum Gasteiger partial charge on any atom is 0.220 e. The molecule has 0 aromatic carbocycles. The second kappa shape index (κ2) is 14.2. The van der Waals surface area contributed by atoms with Gasteiger partial charge in [-0.3, -0.25) is 9.59 Å². The number of nitrogens with one attached hydrogen (secondary N) is 4. The first-order chi connectivity index (χ1) is 22.6. The standard InChI is InChI=1S/C39H46N6O2/c1-9-17-41-39(47)16-14-29-25(8)33-20-35-27(11-3)23(6)32(43-35)19-34-26(10-2)22(5)30(42-34)18-31-24(7)28(13-15-38(46)40-12-4)36(44-31)21-37(29)45-33/h10-11,18-21,42-43H,2-3,9,12-17H2,1,4-8H3,(H,40,46)(H,41,47). The normalized spacial score (nSPS) is 12.8. The van der Waals surface area contributed by atoms with Crippen molar-refractivity contribution in [3.05, 3.63) is 82.5 Å². The summed E-state index contributed by atoms with van der Waals surface area (Å²) in [5.41, 5.74) is 15.3. The Bertz CT molecular complexity index is 2000. The largest absolute Gasteiger partial charge is 0.356 e. The zero-order valence-electron chi connectivity index (χ0n) is 28.5. The summed E-state index contributed by atoms with van der Waals surface area (Å²) in [4.78, 5) is 42.7. The molecule has 2 aliphatic heterocycles. The van der Waals surface area contributed by atoms with Gasteiger partial charge < -0.3 is 20.6 Å². The molecule has 2 amide bonds. The number of aryl methyl sites for hydroxylation is 2. The van der Waals surface area contributed by atoms with E-state index in [9.17, 15) is 9.59 Å². The van der Waals surface area contributed by atoms with Crippen LogP contribution in [-0.2, 0) is 9.59 Å². The molecule has 0 aliphatic carbocycles. The summed E-state index contributed by atoms with van der Waals surface area (Å²) in [6.07, 6.45) is 6.46. The predicted molar refractivity (Wildman–Crippen MR) is 196 cm³/mol. The molecule has 3 aromatic heterocycles. The van der Waals surface area contributed by atoms with Gasteiger partial charge in [0.2, 0.25) is 11.8 Å². The number of aromatic amines is 2. The Morgan fingerprint density at radius 1 is 0.681 bits per heavy atom. The van der Waals surface area contributed by atoms with Crippen LogP contribution in [0.4, 0.5) is 0 Å². The molecule has 8 heteroatoms. The van der Waals surface area contributed by atoms with Crippen LogP contribution < -0.4 is 10.6 Å². The smallest absolute Gasteiger partial charge is 0.220 e. The minimum absolute atomic E-state index is 0.00961. The van der Waals surface area contributed by atoms with E-state index in [1.165, 1.54) is 0 Å². The maximum atomic E-state index is 12.7. The molecule has 0 radical (unpaired) electrons. The molecule has 8 bridgehead atoms. The van der Waals surface area contributed by atoms with Crippen LogP contribution in [0.2, 0.25) is 0 Å². The quantitative estimate of drug-likeness (QED) is 0.171. The molecule has 0 unspecified atom stereocenters. The van der Waals surface area contributed by atoms with Crippen molar-refractivity contribution in [1.29, 1.82) is 0 Å². The van der Waals surface area contributed by atoms with E-state index in [0.717, 1.165) is 95.8 Å². The topological polar surface area (TPSA) is 116 Å². The Kier molecular flexibility index (Phi) is 10.1. The highest BCUT2D eigenvalue weighted by atomic mass is 16.2. The Labute approximate surface area is 277 Å². The molecule has 0 saturated carbocycles. The number of rotatable bonds is 11. The van der Waals surface area contributed by atoms with E-state index in [1.807, 2.05) is 32.1 Å². The van der Waals surface area contributed by atoms with Crippen molar-refractivity contribution in [1.82, 2.24) is 30.6 Å². The zero-order chi connectivity index (χ0) is 33.8. The van der Waals surface area contributed by atoms with E-state index >= 15 is 0 Å². The lowest BCUT2D eigenvalue weighted by Crippen LogP contribution is -2.23. The van der Waals surface area contributed by atoms with Crippen LogP contribution in [0.15, 0.2) is 37.4 Å². The number of aromatic nitrogens is 4. The van der Waals surface area contributed by atoms with E-state index in [-0.39, 0.29) is 11.8 Å². The second-order valence-corrected chi connectivity index (χ2v) is 12.2. The molecular formula is C39H46N6O2. The highest BCUT2D eigenvalue weighted by Crippen LogP contribution is 2.38. The molecule has 0 saturated heterocycles. The fraction of sp³-hybridized carbons (Fsp3) is 0.333. The van der Waals surface area contributed by atoms with Gasteiger partial charge in [-0.2, -0.15) is 0 Å². The number of carbonyl (C=O) groups is 2. The van der Waals surface area contributed by atoms with Crippen molar-refractivity contribution in [2.45, 2.75) is 73.6 Å². The van der Waals surface area contributed by atoms with Crippen molar-refractivity contribution in [3.63, 3.8) is 0 Å². The second-order valence-electron chi connectivity index (χ2n) is 12.2. The molecule has 0 atom stereocenters. The van der Waals surface area contributed by atoms with E-state index < -0.39 is 0 Å². The summed E-state index contributed by atoms with van der Waals surface area (Å²) >= 11 is 0. The first-order valence-corrected chi connectivity index (χ1v) is 16.5. The minimum atomic E-state index is 0.00961. The Balaban J connectivity index is 1.82. The third-order valence-electron chi connectivity index (χ3n) is 9.19. The fourth-order valence-electron chi connectivity index (χ4n) is 6.42. The third-order valence-corrected chi connectivity index (χ3v) is 9.19. The number of H-pyrrole nitrogens is 2. The molecule has 2 aliphatic rings. The Hall–Kier alpha value is -4.98. The van der Waals surface area contributed by atoms with Crippen molar-refractivity contribution < 1.29 is 9.59 Å². The molecule has 47 heavy (non-hydrogen) atoms. The van der Waals surface area contributed by atoms with Gasteiger partial charge in [0.25, 0.3) is 0 Å². The summed E-state index contributed by atoms with van der Waals surface area (Å²) in [7, 11) is 0. The van der Waals surface area contributed by atoms with Crippen molar-refractivity contribution in [2.24, 2.45) is 0 Å². The van der Waals surface area contributed by atoms with Gasteiger partial charge in [-0.05, 0) is 112 Å². The van der Waals surface area contributed by atoms with E-state index in [1.54, 1.807) is 0 Å². The molecule has 0 spiro atoms. The molecule has 0 fully saturated rings. The number of hydrogen-bond donors (Lipinski definition) is 4. The SMILES string of the molecule is C=Cc1c(C)c2cc3[nH]c(cc4nc(cc5nc(cc1[nH]2)C(C)=C5CCC(=O)NCCC)C(CCC(=O)NCC)=C4C)c(C)c3C=C. The van der Waals surface area contributed by atoms with Gasteiger partial charge >= 0.3 is 0 Å². The van der Waals surface area contributed by atoms with Gasteiger partial charge in [-0.1, -0.05) is 32.2 Å². The predicted octanol–water partition coefficient (Wildman–Crippen LogP) is 8.30. The molecule has 5 heterocycles. The monoisotopic (exact) mass is 630 g/mol. The van der Waals surface area contributed by atoms with Crippen molar-refractivity contribution >= 4 is 68.3 Å². The third kappa shape index (κ3) is 6.77. The van der Waals surface area contributed by atoms with Crippen LogP contribution >= 0.6 is 0 Å². The minimum Gasteiger partial charge on any atom is -0.356 e. The Morgan fingerprint density at radius 2 is 1.15 bits per heavy atom. The lowest BCUT2D eigenvalue weighted by Gasteiger charge is -2.07. The van der Waals surface area contributed by atoms with Crippen LogP contribution in [0.3, 0.4) is 0 Å². The van der Waals surface area contributed by atoms with Crippen LogP contribution in [-0.4, -0.2) is 44.8 Å². The number of allylic oxidation sites excluding steroid dienone is 4. The lowest BCUT2D eigenvalue weighted by molar-refractivity contribution is -0.121. The molecule has 244 valence electrons. The lowest BCUT2D eigenvalue weighted by atomic mass is 9.98. The highest BCUT2D eigenvalue weighted by molar-refractivity contribution is 5.97. The molecule has 5 rings (SSSR count). The van der Waals surface area contributed by atoms with Crippen molar-refractivity contribution in [3.8, 4) is 0 Å². The average molecular weight is 631 g/mol. The summed E-state index contributed by atoms with van der Waals surface area (Å²) in [6.45, 7) is 21.7. The van der Waals surface area contributed by atoms with Gasteiger partial charge in [0.05, 0.1) is 22.8 Å². The number of nitrogens with zero attached hydrogens (tertiary/aromatic N) is 2. The number of amides is 2. The van der Waals surface area contributed by atoms with E-state index in [4.69, 9.17) is 9.97 Å². The van der Waals surface area contributed by atoms with Crippen LogP contribution in [0.1, 0.15) is 105 Å². The van der Waals surface area contributed by atoms with Crippen LogP contribution in [0.5, 0.6) is 0 Å². The number of carbonyl (C=O) groups excluding carboxylic acids is 2. The summed E-state index contributed by atoms with van der Waals surface area (Å²) in [6, 6.07) is 8.30. The summed E-state index contributed by atoms with van der Waals surface area (Å²) < 4.78 is 0. The average Bonchev–Trinajstić information content (AvgIpc) is 3.71. The molecule has 4 N–H and O–H groups in total. The van der Waals surface area contributed by atoms with Gasteiger partial charge in [0.1, 0.15) is 0 Å². The van der Waals surface area contributed by atoms with Crippen molar-refractivity contribution in [2.75, 3.05) is 13.1 Å². The molecule has 3 aromatic rings. The van der Waals surface area contributed by atoms with Crippen LogP contribution in [0.25, 0.3) is 56.5 Å². The Morgan fingerprint density at radius 3 is 1.64 bits per heavy atom. The highest BCUT2D eigenvalue weighted by Gasteiger charge is 2.23. The molecular weight excluding hydrogens is 584 g/mol. The van der Waals surface area contributed by atoms with E-state index in [2.05, 4.69) is 79.7 Å². The number of hydrogen-bond acceptors (Lipinski definition) is 4. The van der Waals surface area contributed by atoms with Gasteiger partial charge in [0, 0.05) is 59.1 Å². The van der Waals surface area contributed by atoms with Gasteiger partial charge in [0.15, 0.2) is 0 Å². The summed E-state index contributed by atoms with van der Waals surface area (Å²) in [5, 5.41) is 5.91. The maximum absolute atomic E-state index is 12.7. The van der Waals surface area contributed by atoms with Gasteiger partial charge in [-0.15, -0.1) is 0 Å². The van der Waals surface area contributed by atoms with Crippen LogP contribution in [0, 0.1) is 13.8 Å². The van der Waals surface area contributed by atoms with Gasteiger partial charge in [-0.25, -0.2) is 9.97 Å². The fourth-order valence-corrected chi connectivity index (χ4v) is 6.42. The first kappa shape index (κ1) is 33.4. The first-order valence-electron chi connectivity index (χ1n) is 16.5. The zero-order valence-corrected chi connectivity index (χ0v) is 28.5.